The Balaban J connectivity index is 2.13. The van der Waals surface area contributed by atoms with Gasteiger partial charge in [0.15, 0.2) is 0 Å². The molecule has 0 saturated heterocycles. The first kappa shape index (κ1) is 9.21. The SMILES string of the molecule is COCCN1Cc2ccccc2C1=O. The highest BCUT2D eigenvalue weighted by molar-refractivity contribution is 5.98. The van der Waals surface area contributed by atoms with Gasteiger partial charge in [0.05, 0.1) is 6.61 Å². The lowest BCUT2D eigenvalue weighted by molar-refractivity contribution is 0.0719. The van der Waals surface area contributed by atoms with Gasteiger partial charge >= 0.3 is 0 Å². The highest BCUT2D eigenvalue weighted by Crippen LogP contribution is 2.21. The van der Waals surface area contributed by atoms with Gasteiger partial charge in [-0.05, 0) is 11.6 Å². The topological polar surface area (TPSA) is 29.5 Å². The van der Waals surface area contributed by atoms with E-state index in [0.29, 0.717) is 13.2 Å². The molecule has 0 unspecified atom stereocenters. The van der Waals surface area contributed by atoms with Gasteiger partial charge in [0.1, 0.15) is 0 Å². The predicted molar refractivity (Wildman–Crippen MR) is 53.1 cm³/mol. The number of hydrogen-bond donors (Lipinski definition) is 0. The molecule has 1 aliphatic rings. The van der Waals surface area contributed by atoms with Gasteiger partial charge in [-0.25, -0.2) is 0 Å². The lowest BCUT2D eigenvalue weighted by atomic mass is 10.1. The number of amides is 1. The molecule has 74 valence electrons. The van der Waals surface area contributed by atoms with Crippen molar-refractivity contribution in [2.24, 2.45) is 0 Å². The van der Waals surface area contributed by atoms with Crippen LogP contribution in [0.1, 0.15) is 15.9 Å². The first-order chi connectivity index (χ1) is 6.83. The van der Waals surface area contributed by atoms with E-state index < -0.39 is 0 Å². The quantitative estimate of drug-likeness (QED) is 0.720. The van der Waals surface area contributed by atoms with Crippen molar-refractivity contribution in [1.29, 1.82) is 0 Å². The summed E-state index contributed by atoms with van der Waals surface area (Å²) in [5.41, 5.74) is 1.96. The van der Waals surface area contributed by atoms with E-state index >= 15 is 0 Å². The fourth-order valence-electron chi connectivity index (χ4n) is 1.70. The summed E-state index contributed by atoms with van der Waals surface area (Å²) in [5, 5.41) is 0. The predicted octanol–water partition coefficient (Wildman–Crippen LogP) is 1.29. The van der Waals surface area contributed by atoms with Crippen LogP contribution in [-0.4, -0.2) is 31.1 Å². The van der Waals surface area contributed by atoms with Crippen molar-refractivity contribution in [3.63, 3.8) is 0 Å². The van der Waals surface area contributed by atoms with Crippen molar-refractivity contribution in [2.45, 2.75) is 6.54 Å². The van der Waals surface area contributed by atoms with Crippen LogP contribution in [0.3, 0.4) is 0 Å². The molecule has 0 saturated carbocycles. The number of carbonyl (C=O) groups is 1. The van der Waals surface area contributed by atoms with Gasteiger partial charge in [0.25, 0.3) is 5.91 Å². The van der Waals surface area contributed by atoms with Crippen LogP contribution >= 0.6 is 0 Å². The molecule has 1 heterocycles. The van der Waals surface area contributed by atoms with Crippen LogP contribution in [0.4, 0.5) is 0 Å². The average molecular weight is 191 g/mol. The molecular formula is C11H13NO2. The first-order valence-corrected chi connectivity index (χ1v) is 4.69. The van der Waals surface area contributed by atoms with Gasteiger partial charge < -0.3 is 9.64 Å². The Hall–Kier alpha value is -1.35. The molecule has 0 radical (unpaired) electrons. The summed E-state index contributed by atoms with van der Waals surface area (Å²) in [6, 6.07) is 7.74. The monoisotopic (exact) mass is 191 g/mol. The zero-order valence-corrected chi connectivity index (χ0v) is 8.19. The van der Waals surface area contributed by atoms with Gasteiger partial charge in [-0.2, -0.15) is 0 Å². The van der Waals surface area contributed by atoms with Crippen molar-refractivity contribution in [3.8, 4) is 0 Å². The highest BCUT2D eigenvalue weighted by atomic mass is 16.5. The zero-order valence-electron chi connectivity index (χ0n) is 8.19. The summed E-state index contributed by atoms with van der Waals surface area (Å²) in [6.45, 7) is 1.99. The minimum Gasteiger partial charge on any atom is -0.383 e. The van der Waals surface area contributed by atoms with Crippen molar-refractivity contribution in [3.05, 3.63) is 35.4 Å². The number of methoxy groups -OCH3 is 1. The normalized spacial score (nSPS) is 14.6. The number of ether oxygens (including phenoxy) is 1. The molecule has 3 heteroatoms. The number of hydrogen-bond acceptors (Lipinski definition) is 2. The maximum atomic E-state index is 11.8. The molecule has 0 N–H and O–H groups in total. The molecule has 1 aromatic carbocycles. The van der Waals surface area contributed by atoms with Crippen molar-refractivity contribution in [1.82, 2.24) is 4.90 Å². The van der Waals surface area contributed by atoms with E-state index in [4.69, 9.17) is 4.74 Å². The van der Waals surface area contributed by atoms with Crippen LogP contribution in [0.2, 0.25) is 0 Å². The number of carbonyl (C=O) groups excluding carboxylic acids is 1. The fraction of sp³-hybridized carbons (Fsp3) is 0.364. The number of fused-ring (bicyclic) bond motifs is 1. The van der Waals surface area contributed by atoms with Crippen molar-refractivity contribution >= 4 is 5.91 Å². The molecule has 3 nitrogen and oxygen atoms in total. The third-order valence-corrected chi connectivity index (χ3v) is 2.46. The third kappa shape index (κ3) is 1.51. The largest absolute Gasteiger partial charge is 0.383 e. The highest BCUT2D eigenvalue weighted by Gasteiger charge is 2.25. The minimum atomic E-state index is 0.123. The Bertz CT molecular complexity index is 349. The van der Waals surface area contributed by atoms with E-state index in [2.05, 4.69) is 0 Å². The van der Waals surface area contributed by atoms with Crippen LogP contribution in [0.5, 0.6) is 0 Å². The molecule has 0 fully saturated rings. The summed E-state index contributed by atoms with van der Waals surface area (Å²) in [7, 11) is 1.65. The van der Waals surface area contributed by atoms with Gasteiger partial charge in [0, 0.05) is 25.8 Å². The number of rotatable bonds is 3. The standard InChI is InChI=1S/C11H13NO2/c1-14-7-6-12-8-9-4-2-3-5-10(9)11(12)13/h2-5H,6-8H2,1H3. The Labute approximate surface area is 83.3 Å². The fourth-order valence-corrected chi connectivity index (χ4v) is 1.70. The van der Waals surface area contributed by atoms with E-state index in [1.807, 2.05) is 29.2 Å². The zero-order chi connectivity index (χ0) is 9.97. The van der Waals surface area contributed by atoms with E-state index in [1.54, 1.807) is 7.11 Å². The van der Waals surface area contributed by atoms with E-state index in [1.165, 1.54) is 0 Å². The van der Waals surface area contributed by atoms with Gasteiger partial charge in [-0.3, -0.25) is 4.79 Å². The molecule has 0 aliphatic carbocycles. The summed E-state index contributed by atoms with van der Waals surface area (Å²) in [5.74, 6) is 0.123. The molecule has 0 bridgehead atoms. The van der Waals surface area contributed by atoms with Crippen molar-refractivity contribution in [2.75, 3.05) is 20.3 Å². The lowest BCUT2D eigenvalue weighted by Crippen LogP contribution is -2.27. The Morgan fingerprint density at radius 3 is 2.93 bits per heavy atom. The summed E-state index contributed by atoms with van der Waals surface area (Å²) >= 11 is 0. The van der Waals surface area contributed by atoms with Gasteiger partial charge in [0.2, 0.25) is 0 Å². The van der Waals surface area contributed by atoms with Crippen LogP contribution in [0, 0.1) is 0 Å². The Morgan fingerprint density at radius 1 is 1.43 bits per heavy atom. The Kier molecular flexibility index (Phi) is 2.50. The molecule has 1 amide bonds. The molecule has 2 rings (SSSR count). The van der Waals surface area contributed by atoms with Gasteiger partial charge in [-0.15, -0.1) is 0 Å². The summed E-state index contributed by atoms with van der Waals surface area (Å²) < 4.78 is 4.96. The van der Waals surface area contributed by atoms with Crippen LogP contribution in [-0.2, 0) is 11.3 Å². The molecular weight excluding hydrogens is 178 g/mol. The second-order valence-corrected chi connectivity index (χ2v) is 3.38. The van der Waals surface area contributed by atoms with E-state index in [0.717, 1.165) is 17.7 Å². The second kappa shape index (κ2) is 3.80. The molecule has 14 heavy (non-hydrogen) atoms. The van der Waals surface area contributed by atoms with Crippen LogP contribution in [0.25, 0.3) is 0 Å². The van der Waals surface area contributed by atoms with E-state index in [9.17, 15) is 4.79 Å². The van der Waals surface area contributed by atoms with Gasteiger partial charge in [-0.1, -0.05) is 18.2 Å². The first-order valence-electron chi connectivity index (χ1n) is 4.69. The van der Waals surface area contributed by atoms with Crippen molar-refractivity contribution < 1.29 is 9.53 Å². The van der Waals surface area contributed by atoms with Crippen LogP contribution in [0.15, 0.2) is 24.3 Å². The maximum absolute atomic E-state index is 11.8. The Morgan fingerprint density at radius 2 is 2.21 bits per heavy atom. The lowest BCUT2D eigenvalue weighted by Gasteiger charge is -2.14. The second-order valence-electron chi connectivity index (χ2n) is 3.38. The molecule has 0 atom stereocenters. The minimum absolute atomic E-state index is 0.123. The number of benzene rings is 1. The third-order valence-electron chi connectivity index (χ3n) is 2.46. The summed E-state index contributed by atoms with van der Waals surface area (Å²) in [6.07, 6.45) is 0. The average Bonchev–Trinajstić information content (AvgIpc) is 2.54. The number of nitrogens with zero attached hydrogens (tertiary/aromatic N) is 1. The van der Waals surface area contributed by atoms with E-state index in [-0.39, 0.29) is 5.91 Å². The molecule has 0 spiro atoms. The molecule has 1 aliphatic heterocycles. The smallest absolute Gasteiger partial charge is 0.254 e. The van der Waals surface area contributed by atoms with Crippen LogP contribution < -0.4 is 0 Å². The summed E-state index contributed by atoms with van der Waals surface area (Å²) in [4.78, 5) is 13.6. The molecule has 0 aromatic heterocycles. The maximum Gasteiger partial charge on any atom is 0.254 e. The molecule has 1 aromatic rings.